The van der Waals surface area contributed by atoms with Gasteiger partial charge in [-0.1, -0.05) is 6.92 Å². The highest BCUT2D eigenvalue weighted by Crippen LogP contribution is 2.21. The maximum absolute atomic E-state index is 9.60. The molecule has 4 nitrogen and oxygen atoms in total. The van der Waals surface area contributed by atoms with Gasteiger partial charge < -0.3 is 9.84 Å². The maximum Gasteiger partial charge on any atom is 0.145 e. The van der Waals surface area contributed by atoms with Crippen molar-refractivity contribution in [3.05, 3.63) is 48.5 Å². The van der Waals surface area contributed by atoms with E-state index in [2.05, 4.69) is 9.97 Å². The van der Waals surface area contributed by atoms with E-state index in [1.165, 1.54) is 0 Å². The van der Waals surface area contributed by atoms with E-state index < -0.39 is 6.10 Å². The minimum absolute atomic E-state index is 0.512. The first-order valence-corrected chi connectivity index (χ1v) is 5.51. The second-order valence-corrected chi connectivity index (χ2v) is 3.63. The molecule has 2 aromatic heterocycles. The molecule has 0 bridgehead atoms. The number of rotatable bonds is 4. The fraction of sp³-hybridized carbons (Fsp3) is 0.231. The van der Waals surface area contributed by atoms with Crippen LogP contribution in [0.4, 0.5) is 0 Å². The Morgan fingerprint density at radius 2 is 2.06 bits per heavy atom. The fourth-order valence-corrected chi connectivity index (χ4v) is 1.40. The van der Waals surface area contributed by atoms with Gasteiger partial charge in [-0.2, -0.15) is 0 Å². The van der Waals surface area contributed by atoms with Crippen LogP contribution in [-0.4, -0.2) is 15.1 Å². The highest BCUT2D eigenvalue weighted by atomic mass is 16.5. The number of nitrogens with zero attached hydrogens (tertiary/aromatic N) is 2. The summed E-state index contributed by atoms with van der Waals surface area (Å²) >= 11 is 0. The maximum atomic E-state index is 9.60. The van der Waals surface area contributed by atoms with Crippen molar-refractivity contribution >= 4 is 0 Å². The molecule has 0 aromatic carbocycles. The molecule has 88 valence electrons. The molecular formula is C13H14N2O2. The van der Waals surface area contributed by atoms with Crippen LogP contribution in [0.3, 0.4) is 0 Å². The average molecular weight is 230 g/mol. The van der Waals surface area contributed by atoms with Crippen molar-refractivity contribution in [1.29, 1.82) is 0 Å². The second kappa shape index (κ2) is 5.41. The Bertz CT molecular complexity index is 457. The van der Waals surface area contributed by atoms with E-state index in [4.69, 9.17) is 4.74 Å². The van der Waals surface area contributed by atoms with Crippen LogP contribution >= 0.6 is 0 Å². The third-order valence-corrected chi connectivity index (χ3v) is 2.36. The molecule has 2 heterocycles. The number of hydrogen-bond acceptors (Lipinski definition) is 4. The van der Waals surface area contributed by atoms with Crippen molar-refractivity contribution in [3.63, 3.8) is 0 Å². The molecule has 1 unspecified atom stereocenters. The SMILES string of the molecule is CCC(O)c1ccc(Oc2cccnc2)cn1. The van der Waals surface area contributed by atoms with Crippen LogP contribution in [0, 0.1) is 0 Å². The van der Waals surface area contributed by atoms with E-state index in [1.807, 2.05) is 13.0 Å². The Hall–Kier alpha value is -1.94. The van der Waals surface area contributed by atoms with E-state index in [1.54, 1.807) is 36.8 Å². The van der Waals surface area contributed by atoms with Crippen LogP contribution in [0.15, 0.2) is 42.9 Å². The molecule has 0 amide bonds. The predicted octanol–water partition coefficient (Wildman–Crippen LogP) is 2.71. The number of ether oxygens (including phenoxy) is 1. The average Bonchev–Trinajstić information content (AvgIpc) is 2.40. The molecule has 0 saturated carbocycles. The summed E-state index contributed by atoms with van der Waals surface area (Å²) in [6, 6.07) is 7.17. The van der Waals surface area contributed by atoms with Crippen molar-refractivity contribution in [1.82, 2.24) is 9.97 Å². The summed E-state index contributed by atoms with van der Waals surface area (Å²) in [6.45, 7) is 1.91. The van der Waals surface area contributed by atoms with Gasteiger partial charge in [0, 0.05) is 6.20 Å². The molecule has 0 radical (unpaired) electrons. The highest BCUT2D eigenvalue weighted by molar-refractivity contribution is 5.27. The first kappa shape index (κ1) is 11.5. The van der Waals surface area contributed by atoms with Crippen molar-refractivity contribution in [2.24, 2.45) is 0 Å². The van der Waals surface area contributed by atoms with E-state index >= 15 is 0 Å². The van der Waals surface area contributed by atoms with Crippen LogP contribution in [0.2, 0.25) is 0 Å². The first-order chi connectivity index (χ1) is 8.29. The standard InChI is InChI=1S/C13H14N2O2/c1-2-13(16)12-6-5-11(9-15-12)17-10-4-3-7-14-8-10/h3-9,13,16H,2H2,1H3. The van der Waals surface area contributed by atoms with Crippen LogP contribution in [0.5, 0.6) is 11.5 Å². The predicted molar refractivity (Wildman–Crippen MR) is 63.8 cm³/mol. The molecule has 4 heteroatoms. The molecule has 0 spiro atoms. The molecule has 2 rings (SSSR count). The molecule has 0 saturated heterocycles. The van der Waals surface area contributed by atoms with Crippen LogP contribution in [0.1, 0.15) is 25.1 Å². The van der Waals surface area contributed by atoms with Gasteiger partial charge in [0.25, 0.3) is 0 Å². The minimum atomic E-state index is -0.512. The number of pyridine rings is 2. The smallest absolute Gasteiger partial charge is 0.145 e. The van der Waals surface area contributed by atoms with Crippen molar-refractivity contribution in [3.8, 4) is 11.5 Å². The van der Waals surface area contributed by atoms with E-state index in [-0.39, 0.29) is 0 Å². The van der Waals surface area contributed by atoms with Crippen LogP contribution in [-0.2, 0) is 0 Å². The molecule has 1 atom stereocenters. The lowest BCUT2D eigenvalue weighted by molar-refractivity contribution is 0.169. The lowest BCUT2D eigenvalue weighted by Crippen LogP contribution is -1.98. The number of aliphatic hydroxyl groups is 1. The Balaban J connectivity index is 2.08. The quantitative estimate of drug-likeness (QED) is 0.877. The molecule has 1 N–H and O–H groups in total. The largest absolute Gasteiger partial charge is 0.454 e. The van der Waals surface area contributed by atoms with Crippen LogP contribution in [0.25, 0.3) is 0 Å². The van der Waals surface area contributed by atoms with Gasteiger partial charge in [0.2, 0.25) is 0 Å². The summed E-state index contributed by atoms with van der Waals surface area (Å²) in [6.07, 6.45) is 5.06. The molecule has 0 aliphatic heterocycles. The Labute approximate surface area is 99.9 Å². The monoisotopic (exact) mass is 230 g/mol. The number of hydrogen-bond donors (Lipinski definition) is 1. The summed E-state index contributed by atoms with van der Waals surface area (Å²) in [5, 5.41) is 9.60. The van der Waals surface area contributed by atoms with Gasteiger partial charge in [-0.05, 0) is 30.7 Å². The van der Waals surface area contributed by atoms with Gasteiger partial charge in [-0.15, -0.1) is 0 Å². The zero-order valence-corrected chi connectivity index (χ0v) is 9.58. The molecule has 0 aliphatic rings. The van der Waals surface area contributed by atoms with E-state index in [0.717, 1.165) is 0 Å². The second-order valence-electron chi connectivity index (χ2n) is 3.63. The van der Waals surface area contributed by atoms with Gasteiger partial charge in [-0.25, -0.2) is 0 Å². The van der Waals surface area contributed by atoms with Gasteiger partial charge in [-0.3, -0.25) is 9.97 Å². The van der Waals surface area contributed by atoms with Gasteiger partial charge in [0.15, 0.2) is 0 Å². The zero-order valence-electron chi connectivity index (χ0n) is 9.58. The zero-order chi connectivity index (χ0) is 12.1. The summed E-state index contributed by atoms with van der Waals surface area (Å²) in [5.41, 5.74) is 0.658. The van der Waals surface area contributed by atoms with Gasteiger partial charge >= 0.3 is 0 Å². The van der Waals surface area contributed by atoms with E-state index in [0.29, 0.717) is 23.6 Å². The lowest BCUT2D eigenvalue weighted by atomic mass is 10.2. The fourth-order valence-electron chi connectivity index (χ4n) is 1.40. The third-order valence-electron chi connectivity index (χ3n) is 2.36. The number of aromatic nitrogens is 2. The van der Waals surface area contributed by atoms with E-state index in [9.17, 15) is 5.11 Å². The van der Waals surface area contributed by atoms with Crippen LogP contribution < -0.4 is 4.74 Å². The Morgan fingerprint density at radius 3 is 2.65 bits per heavy atom. The van der Waals surface area contributed by atoms with Gasteiger partial charge in [0.1, 0.15) is 11.5 Å². The normalized spacial score (nSPS) is 12.1. The molecular weight excluding hydrogens is 216 g/mol. The summed E-state index contributed by atoms with van der Waals surface area (Å²) in [7, 11) is 0. The topological polar surface area (TPSA) is 55.2 Å². The molecule has 0 fully saturated rings. The number of aliphatic hydroxyl groups excluding tert-OH is 1. The summed E-state index contributed by atoms with van der Waals surface area (Å²) < 4.78 is 5.54. The lowest BCUT2D eigenvalue weighted by Gasteiger charge is -2.08. The molecule has 2 aromatic rings. The molecule has 17 heavy (non-hydrogen) atoms. The third kappa shape index (κ3) is 3.01. The highest BCUT2D eigenvalue weighted by Gasteiger charge is 2.06. The van der Waals surface area contributed by atoms with Crippen molar-refractivity contribution in [2.75, 3.05) is 0 Å². The Morgan fingerprint density at radius 1 is 1.24 bits per heavy atom. The first-order valence-electron chi connectivity index (χ1n) is 5.51. The molecule has 0 aliphatic carbocycles. The summed E-state index contributed by atoms with van der Waals surface area (Å²) in [4.78, 5) is 8.10. The summed E-state index contributed by atoms with van der Waals surface area (Å²) in [5.74, 6) is 1.29. The Kier molecular flexibility index (Phi) is 3.67. The van der Waals surface area contributed by atoms with Crippen molar-refractivity contribution < 1.29 is 9.84 Å². The minimum Gasteiger partial charge on any atom is -0.454 e. The van der Waals surface area contributed by atoms with Gasteiger partial charge in [0.05, 0.1) is 24.2 Å². The van der Waals surface area contributed by atoms with Crippen molar-refractivity contribution in [2.45, 2.75) is 19.4 Å².